The van der Waals surface area contributed by atoms with Gasteiger partial charge in [0.25, 0.3) is 0 Å². The van der Waals surface area contributed by atoms with E-state index in [9.17, 15) is 26.4 Å². The number of carbonyl (C=O) groups is 1. The molecular weight excluding hydrogens is 415 g/mol. The fraction of sp³-hybridized carbons (Fsp3) is 0.136. The highest BCUT2D eigenvalue weighted by Gasteiger charge is 2.30. The van der Waals surface area contributed by atoms with Crippen LogP contribution in [0.5, 0.6) is 0 Å². The molecule has 0 bridgehead atoms. The molecule has 0 radical (unpaired) electrons. The van der Waals surface area contributed by atoms with Gasteiger partial charge in [-0.15, -0.1) is 0 Å². The summed E-state index contributed by atoms with van der Waals surface area (Å²) in [5.74, 6) is -0.718. The predicted molar refractivity (Wildman–Crippen MR) is 106 cm³/mol. The lowest BCUT2D eigenvalue weighted by Gasteiger charge is -2.16. The summed E-state index contributed by atoms with van der Waals surface area (Å²) in [6, 6.07) is 14.9. The van der Waals surface area contributed by atoms with Gasteiger partial charge in [-0.1, -0.05) is 30.3 Å². The SMILES string of the molecule is Cc1c(C(N)=O)ccc(S(=O)(=O)c2ccccc2)c1Cc1ccc(C(F)(F)F)cc1. The minimum absolute atomic E-state index is 0.0175. The molecule has 2 N–H and O–H groups in total. The number of halogens is 3. The van der Waals surface area contributed by atoms with Crippen LogP contribution in [0.4, 0.5) is 13.2 Å². The van der Waals surface area contributed by atoms with Crippen molar-refractivity contribution in [3.63, 3.8) is 0 Å². The van der Waals surface area contributed by atoms with Gasteiger partial charge in [-0.25, -0.2) is 8.42 Å². The second kappa shape index (κ2) is 7.95. The molecule has 4 nitrogen and oxygen atoms in total. The normalized spacial score (nSPS) is 12.0. The molecule has 0 saturated heterocycles. The van der Waals surface area contributed by atoms with Gasteiger partial charge in [-0.05, 0) is 66.4 Å². The van der Waals surface area contributed by atoms with Gasteiger partial charge in [-0.3, -0.25) is 4.79 Å². The van der Waals surface area contributed by atoms with E-state index in [4.69, 9.17) is 5.73 Å². The van der Waals surface area contributed by atoms with E-state index in [0.29, 0.717) is 16.7 Å². The number of amides is 1. The summed E-state index contributed by atoms with van der Waals surface area (Å²) in [5.41, 5.74) is 5.92. The van der Waals surface area contributed by atoms with Gasteiger partial charge in [-0.2, -0.15) is 13.2 Å². The molecule has 0 spiro atoms. The molecule has 0 heterocycles. The number of hydrogen-bond acceptors (Lipinski definition) is 3. The van der Waals surface area contributed by atoms with Crippen molar-refractivity contribution < 1.29 is 26.4 Å². The van der Waals surface area contributed by atoms with Crippen molar-refractivity contribution in [1.82, 2.24) is 0 Å². The lowest BCUT2D eigenvalue weighted by Crippen LogP contribution is -2.16. The third-order valence-electron chi connectivity index (χ3n) is 4.83. The van der Waals surface area contributed by atoms with Crippen LogP contribution < -0.4 is 5.73 Å². The average molecular weight is 433 g/mol. The molecule has 8 heteroatoms. The number of hydrogen-bond donors (Lipinski definition) is 1. The molecule has 3 aromatic carbocycles. The largest absolute Gasteiger partial charge is 0.416 e. The van der Waals surface area contributed by atoms with Crippen LogP contribution in [-0.4, -0.2) is 14.3 Å². The van der Waals surface area contributed by atoms with Crippen LogP contribution in [-0.2, 0) is 22.4 Å². The van der Waals surface area contributed by atoms with Gasteiger partial charge in [0.2, 0.25) is 15.7 Å². The van der Waals surface area contributed by atoms with Crippen molar-refractivity contribution in [2.75, 3.05) is 0 Å². The van der Waals surface area contributed by atoms with Crippen molar-refractivity contribution in [1.29, 1.82) is 0 Å². The minimum atomic E-state index is -4.47. The zero-order chi connectivity index (χ0) is 22.1. The lowest BCUT2D eigenvalue weighted by atomic mass is 9.96. The first-order valence-electron chi connectivity index (χ1n) is 8.90. The van der Waals surface area contributed by atoms with Crippen molar-refractivity contribution in [2.24, 2.45) is 5.73 Å². The van der Waals surface area contributed by atoms with Gasteiger partial charge in [0.1, 0.15) is 0 Å². The summed E-state index contributed by atoms with van der Waals surface area (Å²) in [5, 5.41) is 0. The molecule has 1 amide bonds. The molecule has 156 valence electrons. The topological polar surface area (TPSA) is 77.2 Å². The van der Waals surface area contributed by atoms with Crippen LogP contribution in [0.15, 0.2) is 76.5 Å². The molecular formula is C22H18F3NO3S. The Morgan fingerprint density at radius 3 is 2.07 bits per heavy atom. The van der Waals surface area contributed by atoms with E-state index < -0.39 is 27.5 Å². The Morgan fingerprint density at radius 2 is 1.53 bits per heavy atom. The quantitative estimate of drug-likeness (QED) is 0.642. The Morgan fingerprint density at radius 1 is 0.933 bits per heavy atom. The number of nitrogens with two attached hydrogens (primary N) is 1. The molecule has 3 aromatic rings. The van der Waals surface area contributed by atoms with Gasteiger partial charge < -0.3 is 5.73 Å². The maximum absolute atomic E-state index is 13.2. The van der Waals surface area contributed by atoms with E-state index in [1.54, 1.807) is 25.1 Å². The van der Waals surface area contributed by atoms with Crippen LogP contribution in [0.1, 0.15) is 32.6 Å². The monoisotopic (exact) mass is 433 g/mol. The van der Waals surface area contributed by atoms with Gasteiger partial charge >= 0.3 is 6.18 Å². The zero-order valence-corrected chi connectivity index (χ0v) is 16.7. The van der Waals surface area contributed by atoms with Crippen LogP contribution in [0.25, 0.3) is 0 Å². The predicted octanol–water partition coefficient (Wildman–Crippen LogP) is 4.54. The minimum Gasteiger partial charge on any atom is -0.366 e. The fourth-order valence-corrected chi connectivity index (χ4v) is 4.78. The van der Waals surface area contributed by atoms with E-state index in [-0.39, 0.29) is 21.8 Å². The van der Waals surface area contributed by atoms with E-state index in [1.807, 2.05) is 0 Å². The van der Waals surface area contributed by atoms with Crippen molar-refractivity contribution in [3.05, 3.63) is 94.5 Å². The molecule has 0 atom stereocenters. The number of alkyl halides is 3. The third kappa shape index (κ3) is 4.23. The first-order chi connectivity index (χ1) is 14.0. The first-order valence-corrected chi connectivity index (χ1v) is 10.4. The van der Waals surface area contributed by atoms with Crippen molar-refractivity contribution in [3.8, 4) is 0 Å². The number of rotatable bonds is 5. The van der Waals surface area contributed by atoms with Crippen LogP contribution in [0.2, 0.25) is 0 Å². The van der Waals surface area contributed by atoms with Crippen LogP contribution in [0, 0.1) is 6.92 Å². The van der Waals surface area contributed by atoms with Crippen LogP contribution in [0.3, 0.4) is 0 Å². The van der Waals surface area contributed by atoms with E-state index in [1.165, 1.54) is 36.4 Å². The second-order valence-electron chi connectivity index (χ2n) is 6.77. The first kappa shape index (κ1) is 21.6. The molecule has 0 fully saturated rings. The van der Waals surface area contributed by atoms with Crippen molar-refractivity contribution >= 4 is 15.7 Å². The molecule has 0 saturated carbocycles. The lowest BCUT2D eigenvalue weighted by molar-refractivity contribution is -0.137. The third-order valence-corrected chi connectivity index (χ3v) is 6.68. The smallest absolute Gasteiger partial charge is 0.366 e. The number of primary amides is 1. The molecule has 0 aliphatic carbocycles. The molecule has 30 heavy (non-hydrogen) atoms. The Kier molecular flexibility index (Phi) is 5.72. The Bertz CT molecular complexity index is 1190. The molecule has 0 aliphatic rings. The van der Waals surface area contributed by atoms with Crippen molar-refractivity contribution in [2.45, 2.75) is 29.3 Å². The summed E-state index contributed by atoms with van der Waals surface area (Å²) in [6.45, 7) is 1.57. The summed E-state index contributed by atoms with van der Waals surface area (Å²) in [4.78, 5) is 11.8. The average Bonchev–Trinajstić information content (AvgIpc) is 2.69. The summed E-state index contributed by atoms with van der Waals surface area (Å²) < 4.78 is 64.9. The molecule has 0 unspecified atom stereocenters. The molecule has 0 aliphatic heterocycles. The summed E-state index contributed by atoms with van der Waals surface area (Å²) >= 11 is 0. The van der Waals surface area contributed by atoms with Crippen LogP contribution >= 0.6 is 0 Å². The number of carbonyl (C=O) groups excluding carboxylic acids is 1. The highest BCUT2D eigenvalue weighted by molar-refractivity contribution is 7.91. The maximum Gasteiger partial charge on any atom is 0.416 e. The number of sulfone groups is 1. The van der Waals surface area contributed by atoms with Gasteiger partial charge in [0, 0.05) is 5.56 Å². The summed E-state index contributed by atoms with van der Waals surface area (Å²) in [6.07, 6.45) is -4.45. The van der Waals surface area contributed by atoms with E-state index >= 15 is 0 Å². The zero-order valence-electron chi connectivity index (χ0n) is 15.9. The van der Waals surface area contributed by atoms with E-state index in [2.05, 4.69) is 0 Å². The maximum atomic E-state index is 13.2. The summed E-state index contributed by atoms with van der Waals surface area (Å²) in [7, 11) is -3.92. The Labute approximate surface area is 172 Å². The standard InChI is InChI=1S/C22H18F3NO3S/c1-14-18(21(26)27)11-12-20(30(28,29)17-5-3-2-4-6-17)19(14)13-15-7-9-16(10-8-15)22(23,24)25/h2-12H,13H2,1H3,(H2,26,27). The Hall–Kier alpha value is -3.13. The second-order valence-corrected chi connectivity index (χ2v) is 8.69. The highest BCUT2D eigenvalue weighted by atomic mass is 32.2. The van der Waals surface area contributed by atoms with Gasteiger partial charge in [0.15, 0.2) is 0 Å². The van der Waals surface area contributed by atoms with E-state index in [0.717, 1.165) is 12.1 Å². The Balaban J connectivity index is 2.14. The van der Waals surface area contributed by atoms with Gasteiger partial charge in [0.05, 0.1) is 15.4 Å². The highest BCUT2D eigenvalue weighted by Crippen LogP contribution is 2.32. The number of benzene rings is 3. The molecule has 3 rings (SSSR count). The molecule has 0 aromatic heterocycles. The fourth-order valence-electron chi connectivity index (χ4n) is 3.21.